The predicted molar refractivity (Wildman–Crippen MR) is 72.4 cm³/mol. The Morgan fingerprint density at radius 2 is 2.05 bits per heavy atom. The van der Waals surface area contributed by atoms with Gasteiger partial charge in [0, 0.05) is 12.6 Å². The zero-order chi connectivity index (χ0) is 16.3. The van der Waals surface area contributed by atoms with Crippen LogP contribution in [0, 0.1) is 10.1 Å². The molecule has 22 heavy (non-hydrogen) atoms. The molecule has 0 saturated carbocycles. The van der Waals surface area contributed by atoms with Crippen molar-refractivity contribution in [2.45, 2.75) is 31.5 Å². The van der Waals surface area contributed by atoms with Crippen LogP contribution in [0.1, 0.15) is 24.8 Å². The van der Waals surface area contributed by atoms with E-state index in [0.29, 0.717) is 19.0 Å². The number of nitrogens with one attached hydrogen (secondary N) is 2. The summed E-state index contributed by atoms with van der Waals surface area (Å²) in [5.41, 5.74) is -1.90. The van der Waals surface area contributed by atoms with Crippen molar-refractivity contribution in [3.8, 4) is 0 Å². The third-order valence-electron chi connectivity index (χ3n) is 3.39. The van der Waals surface area contributed by atoms with Crippen LogP contribution in [0.5, 0.6) is 0 Å². The van der Waals surface area contributed by atoms with Crippen LogP contribution >= 0.6 is 0 Å². The van der Waals surface area contributed by atoms with E-state index in [1.54, 1.807) is 0 Å². The number of carbonyl (C=O) groups is 1. The molecule has 1 aromatic carbocycles. The van der Waals surface area contributed by atoms with E-state index in [2.05, 4.69) is 10.6 Å². The maximum absolute atomic E-state index is 12.6. The Bertz CT molecular complexity index is 590. The Hall–Kier alpha value is -2.32. The molecule has 1 heterocycles. The lowest BCUT2D eigenvalue weighted by Gasteiger charge is -2.17. The van der Waals surface area contributed by atoms with Crippen molar-refractivity contribution in [3.05, 3.63) is 33.9 Å². The highest BCUT2D eigenvalue weighted by molar-refractivity contribution is 5.85. The lowest BCUT2D eigenvalue weighted by atomic mass is 10.1. The van der Waals surface area contributed by atoms with Gasteiger partial charge in [-0.25, -0.2) is 0 Å². The summed E-state index contributed by atoms with van der Waals surface area (Å²) in [6.07, 6.45) is -2.67. The van der Waals surface area contributed by atoms with E-state index in [1.165, 1.54) is 0 Å². The summed E-state index contributed by atoms with van der Waals surface area (Å²) in [4.78, 5) is 21.9. The molecule has 1 aliphatic heterocycles. The normalized spacial score (nSPS) is 19.2. The quantitative estimate of drug-likeness (QED) is 0.663. The number of rotatable bonds is 3. The lowest BCUT2D eigenvalue weighted by Crippen LogP contribution is -2.38. The number of alkyl halides is 3. The monoisotopic (exact) mass is 317 g/mol. The fraction of sp³-hybridized carbons (Fsp3) is 0.462. The van der Waals surface area contributed by atoms with Crippen molar-refractivity contribution < 1.29 is 22.9 Å². The Morgan fingerprint density at radius 1 is 1.32 bits per heavy atom. The Kier molecular flexibility index (Phi) is 4.53. The summed E-state index contributed by atoms with van der Waals surface area (Å²) in [7, 11) is 0. The first-order valence-corrected chi connectivity index (χ1v) is 6.69. The van der Waals surface area contributed by atoms with Gasteiger partial charge < -0.3 is 10.6 Å². The van der Waals surface area contributed by atoms with Gasteiger partial charge >= 0.3 is 6.18 Å². The second kappa shape index (κ2) is 6.20. The van der Waals surface area contributed by atoms with Crippen molar-refractivity contribution in [1.82, 2.24) is 5.32 Å². The summed E-state index contributed by atoms with van der Waals surface area (Å²) in [6, 6.07) is 1.51. The fourth-order valence-electron chi connectivity index (χ4n) is 2.25. The van der Waals surface area contributed by atoms with Crippen LogP contribution in [0.15, 0.2) is 18.2 Å². The first kappa shape index (κ1) is 16.1. The van der Waals surface area contributed by atoms with Crippen molar-refractivity contribution in [3.63, 3.8) is 0 Å². The van der Waals surface area contributed by atoms with E-state index in [0.717, 1.165) is 25.0 Å². The zero-order valence-electron chi connectivity index (χ0n) is 11.4. The lowest BCUT2D eigenvalue weighted by molar-refractivity contribution is -0.384. The van der Waals surface area contributed by atoms with Crippen LogP contribution in [-0.4, -0.2) is 23.4 Å². The molecular weight excluding hydrogens is 303 g/mol. The zero-order valence-corrected chi connectivity index (χ0v) is 11.4. The van der Waals surface area contributed by atoms with Gasteiger partial charge in [0.15, 0.2) is 0 Å². The Labute approximate surface area is 123 Å². The number of carbonyl (C=O) groups excluding carboxylic acids is 1. The number of anilines is 1. The first-order chi connectivity index (χ1) is 10.3. The second-order valence-corrected chi connectivity index (χ2v) is 4.97. The van der Waals surface area contributed by atoms with Crippen LogP contribution in [0.3, 0.4) is 0 Å². The molecule has 6 nitrogen and oxygen atoms in total. The van der Waals surface area contributed by atoms with E-state index in [-0.39, 0.29) is 11.6 Å². The highest BCUT2D eigenvalue weighted by atomic mass is 19.4. The summed E-state index contributed by atoms with van der Waals surface area (Å²) in [6.45, 7) is 0.520. The van der Waals surface area contributed by atoms with Crippen LogP contribution in [0.4, 0.5) is 24.5 Å². The minimum absolute atomic E-state index is 0.0972. The smallest absolute Gasteiger partial charge is 0.368 e. The van der Waals surface area contributed by atoms with Crippen molar-refractivity contribution in [2.24, 2.45) is 0 Å². The average molecular weight is 317 g/mol. The van der Waals surface area contributed by atoms with Gasteiger partial charge in [0.1, 0.15) is 11.7 Å². The maximum atomic E-state index is 12.6. The van der Waals surface area contributed by atoms with E-state index in [9.17, 15) is 28.1 Å². The van der Waals surface area contributed by atoms with E-state index in [1.807, 2.05) is 0 Å². The minimum Gasteiger partial charge on any atom is -0.368 e. The molecule has 0 spiro atoms. The summed E-state index contributed by atoms with van der Waals surface area (Å²) < 4.78 is 37.9. The predicted octanol–water partition coefficient (Wildman–Crippen LogP) is 2.69. The topological polar surface area (TPSA) is 84.3 Å². The first-order valence-electron chi connectivity index (χ1n) is 6.69. The molecule has 120 valence electrons. The number of benzene rings is 1. The van der Waals surface area contributed by atoms with Crippen LogP contribution in [0.2, 0.25) is 0 Å². The van der Waals surface area contributed by atoms with Gasteiger partial charge in [0.25, 0.3) is 5.69 Å². The second-order valence-electron chi connectivity index (χ2n) is 4.97. The molecule has 1 fully saturated rings. The number of nitrogens with zero attached hydrogens (tertiary/aromatic N) is 1. The van der Waals surface area contributed by atoms with Crippen molar-refractivity contribution in [2.75, 3.05) is 11.9 Å². The number of hydrogen-bond acceptors (Lipinski definition) is 4. The van der Waals surface area contributed by atoms with Gasteiger partial charge in [-0.3, -0.25) is 14.9 Å². The maximum Gasteiger partial charge on any atom is 0.416 e. The SMILES string of the molecule is O=C1NCCCC[C@H]1Nc1ccc(C(F)(F)F)cc1[N+](=O)[O-]. The Morgan fingerprint density at radius 3 is 2.68 bits per heavy atom. The molecule has 1 saturated heterocycles. The number of nitro groups is 1. The van der Waals surface area contributed by atoms with E-state index < -0.39 is 28.4 Å². The molecule has 1 atom stereocenters. The third-order valence-corrected chi connectivity index (χ3v) is 3.39. The summed E-state index contributed by atoms with van der Waals surface area (Å²) in [5, 5.41) is 16.3. The molecule has 1 aliphatic rings. The van der Waals surface area contributed by atoms with E-state index in [4.69, 9.17) is 0 Å². The number of halogens is 3. The van der Waals surface area contributed by atoms with Gasteiger partial charge in [-0.1, -0.05) is 0 Å². The number of nitro benzene ring substituents is 1. The molecule has 2 rings (SSSR count). The number of hydrogen-bond donors (Lipinski definition) is 2. The summed E-state index contributed by atoms with van der Waals surface area (Å²) in [5.74, 6) is -0.313. The van der Waals surface area contributed by atoms with E-state index >= 15 is 0 Å². The molecule has 9 heteroatoms. The molecule has 1 aromatic rings. The molecule has 0 aromatic heterocycles. The molecular formula is C13H14F3N3O3. The fourth-order valence-corrected chi connectivity index (χ4v) is 2.25. The van der Waals surface area contributed by atoms with Crippen molar-refractivity contribution in [1.29, 1.82) is 0 Å². The molecule has 0 aliphatic carbocycles. The van der Waals surface area contributed by atoms with Crippen LogP contribution in [0.25, 0.3) is 0 Å². The largest absolute Gasteiger partial charge is 0.416 e. The van der Waals surface area contributed by atoms with Gasteiger partial charge in [0.2, 0.25) is 5.91 Å². The number of amides is 1. The van der Waals surface area contributed by atoms with Crippen LogP contribution < -0.4 is 10.6 Å². The minimum atomic E-state index is -4.66. The highest BCUT2D eigenvalue weighted by Crippen LogP contribution is 2.35. The molecule has 0 radical (unpaired) electrons. The van der Waals surface area contributed by atoms with Gasteiger partial charge in [-0.05, 0) is 31.4 Å². The Balaban J connectivity index is 2.30. The van der Waals surface area contributed by atoms with Gasteiger partial charge in [-0.2, -0.15) is 13.2 Å². The third kappa shape index (κ3) is 3.66. The molecule has 0 unspecified atom stereocenters. The highest BCUT2D eigenvalue weighted by Gasteiger charge is 2.33. The van der Waals surface area contributed by atoms with Gasteiger partial charge in [0.05, 0.1) is 10.5 Å². The van der Waals surface area contributed by atoms with Crippen molar-refractivity contribution >= 4 is 17.3 Å². The summed E-state index contributed by atoms with van der Waals surface area (Å²) >= 11 is 0. The standard InChI is InChI=1S/C13H14F3N3O3/c14-13(15,16)8-4-5-9(11(7-8)19(21)22)18-10-3-1-2-6-17-12(10)20/h4-5,7,10,18H,1-3,6H2,(H,17,20)/t10-/m1/s1. The average Bonchev–Trinajstić information content (AvgIpc) is 2.63. The van der Waals surface area contributed by atoms with Gasteiger partial charge in [-0.15, -0.1) is 0 Å². The molecule has 0 bridgehead atoms. The van der Waals surface area contributed by atoms with Crippen LogP contribution in [-0.2, 0) is 11.0 Å². The molecule has 2 N–H and O–H groups in total. The molecule has 1 amide bonds.